The fourth-order valence-electron chi connectivity index (χ4n) is 2.71. The summed E-state index contributed by atoms with van der Waals surface area (Å²) >= 11 is 3.67. The maximum absolute atomic E-state index is 4.76. The minimum Gasteiger partial charge on any atom is -0.369 e. The summed E-state index contributed by atoms with van der Waals surface area (Å²) in [6.07, 6.45) is 2.02. The molecule has 1 unspecified atom stereocenters. The van der Waals surface area contributed by atoms with E-state index >= 15 is 0 Å². The van der Waals surface area contributed by atoms with Crippen LogP contribution in [0.2, 0.25) is 0 Å². The van der Waals surface area contributed by atoms with E-state index in [-0.39, 0.29) is 0 Å². The Morgan fingerprint density at radius 3 is 3.05 bits per heavy atom. The summed E-state index contributed by atoms with van der Waals surface area (Å²) in [4.78, 5) is 0. The van der Waals surface area contributed by atoms with Crippen molar-refractivity contribution >= 4 is 21.7 Å². The fourth-order valence-corrected chi connectivity index (χ4v) is 3.39. The second kappa shape index (κ2) is 5.00. The number of anilines is 1. The molecule has 4 heteroatoms. The van der Waals surface area contributed by atoms with Gasteiger partial charge in [-0.25, -0.2) is 4.68 Å². The maximum atomic E-state index is 4.76. The van der Waals surface area contributed by atoms with E-state index in [1.54, 1.807) is 0 Å². The van der Waals surface area contributed by atoms with Crippen LogP contribution in [-0.2, 0) is 6.42 Å². The third kappa shape index (κ3) is 2.18. The molecule has 0 spiro atoms. The van der Waals surface area contributed by atoms with Gasteiger partial charge in [0.2, 0.25) is 0 Å². The van der Waals surface area contributed by atoms with Gasteiger partial charge in [-0.1, -0.05) is 36.8 Å². The zero-order valence-corrected chi connectivity index (χ0v) is 12.9. The van der Waals surface area contributed by atoms with Crippen molar-refractivity contribution in [2.75, 3.05) is 11.9 Å². The molecule has 1 atom stereocenters. The summed E-state index contributed by atoms with van der Waals surface area (Å²) in [5.74, 6) is 1.12. The molecule has 0 bridgehead atoms. The number of rotatable bonds is 2. The highest BCUT2D eigenvalue weighted by atomic mass is 79.9. The number of hydrogen-bond acceptors (Lipinski definition) is 2. The first-order valence-corrected chi connectivity index (χ1v) is 7.57. The van der Waals surface area contributed by atoms with Crippen LogP contribution >= 0.6 is 15.9 Å². The van der Waals surface area contributed by atoms with Gasteiger partial charge in [-0.2, -0.15) is 5.10 Å². The number of nitrogens with one attached hydrogen (secondary N) is 1. The lowest BCUT2D eigenvalue weighted by molar-refractivity contribution is 0.478. The second-order valence-electron chi connectivity index (χ2n) is 5.05. The Morgan fingerprint density at radius 1 is 1.47 bits per heavy atom. The van der Waals surface area contributed by atoms with Crippen LogP contribution in [0.4, 0.5) is 5.82 Å². The van der Waals surface area contributed by atoms with Crippen LogP contribution in [0.25, 0.3) is 0 Å². The van der Waals surface area contributed by atoms with E-state index < -0.39 is 0 Å². The standard InChI is InChI=1S/C15H18BrN3/c1-3-12-14(16)15-17-8-7-13(19(15)18-12)11-6-4-5-10(2)9-11/h4-6,9,13,17H,3,7-8H2,1-2H3. The van der Waals surface area contributed by atoms with Crippen molar-refractivity contribution in [3.8, 4) is 0 Å². The van der Waals surface area contributed by atoms with Gasteiger partial charge >= 0.3 is 0 Å². The lowest BCUT2D eigenvalue weighted by Gasteiger charge is -2.26. The molecule has 0 amide bonds. The average Bonchev–Trinajstić information content (AvgIpc) is 2.75. The molecule has 2 aromatic rings. The molecule has 100 valence electrons. The van der Waals surface area contributed by atoms with Gasteiger partial charge in [-0.15, -0.1) is 0 Å². The van der Waals surface area contributed by atoms with E-state index in [9.17, 15) is 0 Å². The molecule has 0 saturated carbocycles. The molecule has 1 N–H and O–H groups in total. The largest absolute Gasteiger partial charge is 0.369 e. The van der Waals surface area contributed by atoms with Gasteiger partial charge in [-0.05, 0) is 41.3 Å². The van der Waals surface area contributed by atoms with E-state index in [1.165, 1.54) is 11.1 Å². The summed E-state index contributed by atoms with van der Waals surface area (Å²) in [5.41, 5.74) is 3.78. The summed E-state index contributed by atoms with van der Waals surface area (Å²) in [5, 5.41) is 8.22. The molecule has 1 aromatic heterocycles. The first kappa shape index (κ1) is 12.7. The highest BCUT2D eigenvalue weighted by Crippen LogP contribution is 2.36. The third-order valence-corrected chi connectivity index (χ3v) is 4.52. The molecule has 0 saturated heterocycles. The molecule has 0 radical (unpaired) electrons. The Balaban J connectivity index is 2.07. The minimum atomic E-state index is 0.341. The number of aromatic nitrogens is 2. The van der Waals surface area contributed by atoms with Gasteiger partial charge in [0.05, 0.1) is 16.2 Å². The minimum absolute atomic E-state index is 0.341. The molecular formula is C15H18BrN3. The summed E-state index contributed by atoms with van der Waals surface area (Å²) in [6, 6.07) is 9.08. The van der Waals surface area contributed by atoms with Crippen LogP contribution in [0.1, 0.15) is 36.2 Å². The normalized spacial score (nSPS) is 17.9. The lowest BCUT2D eigenvalue weighted by Crippen LogP contribution is -2.24. The number of fused-ring (bicyclic) bond motifs is 1. The van der Waals surface area contributed by atoms with E-state index in [4.69, 9.17) is 5.10 Å². The predicted molar refractivity (Wildman–Crippen MR) is 81.7 cm³/mol. The molecule has 3 rings (SSSR count). The summed E-state index contributed by atoms with van der Waals surface area (Å²) in [6.45, 7) is 5.27. The van der Waals surface area contributed by atoms with Crippen LogP contribution in [0.5, 0.6) is 0 Å². The Bertz CT molecular complexity index is 603. The van der Waals surface area contributed by atoms with E-state index in [2.05, 4.69) is 64.0 Å². The summed E-state index contributed by atoms with van der Waals surface area (Å²) in [7, 11) is 0. The number of benzene rings is 1. The Kier molecular flexibility index (Phi) is 3.35. The van der Waals surface area contributed by atoms with Crippen molar-refractivity contribution in [2.24, 2.45) is 0 Å². The van der Waals surface area contributed by atoms with Crippen LogP contribution in [0, 0.1) is 6.92 Å². The number of halogens is 1. The molecule has 1 aliphatic heterocycles. The lowest BCUT2D eigenvalue weighted by atomic mass is 10.0. The monoisotopic (exact) mass is 319 g/mol. The topological polar surface area (TPSA) is 29.9 Å². The van der Waals surface area contributed by atoms with E-state index in [0.717, 1.165) is 35.4 Å². The Labute approximate surface area is 122 Å². The number of nitrogens with zero attached hydrogens (tertiary/aromatic N) is 2. The van der Waals surface area contributed by atoms with Gasteiger partial charge in [0, 0.05) is 6.54 Å². The smallest absolute Gasteiger partial charge is 0.139 e. The number of hydrogen-bond donors (Lipinski definition) is 1. The van der Waals surface area contributed by atoms with Crippen molar-refractivity contribution in [1.29, 1.82) is 0 Å². The predicted octanol–water partition coefficient (Wildman–Crippen LogP) is 3.92. The second-order valence-corrected chi connectivity index (χ2v) is 5.85. The number of aryl methyl sites for hydroxylation is 2. The van der Waals surface area contributed by atoms with Crippen molar-refractivity contribution < 1.29 is 0 Å². The zero-order chi connectivity index (χ0) is 13.4. The molecule has 0 fully saturated rings. The zero-order valence-electron chi connectivity index (χ0n) is 11.3. The average molecular weight is 320 g/mol. The van der Waals surface area contributed by atoms with Crippen LogP contribution in [0.15, 0.2) is 28.7 Å². The molecule has 19 heavy (non-hydrogen) atoms. The van der Waals surface area contributed by atoms with Gasteiger partial charge in [0.15, 0.2) is 0 Å². The summed E-state index contributed by atoms with van der Waals surface area (Å²) < 4.78 is 3.26. The van der Waals surface area contributed by atoms with Gasteiger partial charge in [-0.3, -0.25) is 0 Å². The molecule has 2 heterocycles. The molecule has 1 aromatic carbocycles. The van der Waals surface area contributed by atoms with Crippen LogP contribution < -0.4 is 5.32 Å². The maximum Gasteiger partial charge on any atom is 0.139 e. The van der Waals surface area contributed by atoms with Crippen molar-refractivity contribution in [2.45, 2.75) is 32.7 Å². The van der Waals surface area contributed by atoms with Gasteiger partial charge < -0.3 is 5.32 Å². The van der Waals surface area contributed by atoms with Crippen molar-refractivity contribution in [1.82, 2.24) is 9.78 Å². The van der Waals surface area contributed by atoms with Gasteiger partial charge in [0.25, 0.3) is 0 Å². The van der Waals surface area contributed by atoms with Crippen LogP contribution in [-0.4, -0.2) is 16.3 Å². The first-order chi connectivity index (χ1) is 9.20. The Hall–Kier alpha value is -1.29. The molecule has 3 nitrogen and oxygen atoms in total. The highest BCUT2D eigenvalue weighted by molar-refractivity contribution is 9.10. The fraction of sp³-hybridized carbons (Fsp3) is 0.400. The molecule has 1 aliphatic rings. The molecule has 0 aliphatic carbocycles. The van der Waals surface area contributed by atoms with Crippen molar-refractivity contribution in [3.63, 3.8) is 0 Å². The molecular weight excluding hydrogens is 302 g/mol. The SMILES string of the molecule is CCc1nn2c(c1Br)NCCC2c1cccc(C)c1. The van der Waals surface area contributed by atoms with Crippen LogP contribution in [0.3, 0.4) is 0 Å². The first-order valence-electron chi connectivity index (χ1n) is 6.78. The third-order valence-electron chi connectivity index (χ3n) is 3.69. The quantitative estimate of drug-likeness (QED) is 0.909. The highest BCUT2D eigenvalue weighted by Gasteiger charge is 2.26. The van der Waals surface area contributed by atoms with Crippen molar-refractivity contribution in [3.05, 3.63) is 45.6 Å². The van der Waals surface area contributed by atoms with E-state index in [1.807, 2.05) is 0 Å². The van der Waals surface area contributed by atoms with E-state index in [0.29, 0.717) is 6.04 Å². The van der Waals surface area contributed by atoms with Gasteiger partial charge in [0.1, 0.15) is 5.82 Å². The Morgan fingerprint density at radius 2 is 2.32 bits per heavy atom.